The summed E-state index contributed by atoms with van der Waals surface area (Å²) < 4.78 is 34.0. The number of halogens is 1. The average Bonchev–Trinajstić information content (AvgIpc) is 3.00. The number of carbonyl (C=O) groups excluding carboxylic acids is 1. The Morgan fingerprint density at radius 2 is 2.00 bits per heavy atom. The summed E-state index contributed by atoms with van der Waals surface area (Å²) in [5.74, 6) is 0.0295. The van der Waals surface area contributed by atoms with Crippen LogP contribution in [0.1, 0.15) is 25.0 Å². The number of benzene rings is 2. The van der Waals surface area contributed by atoms with E-state index in [9.17, 15) is 13.2 Å². The number of nitrogens with zero attached hydrogens (tertiary/aromatic N) is 2. The van der Waals surface area contributed by atoms with E-state index in [1.54, 1.807) is 30.0 Å². The molecule has 29 heavy (non-hydrogen) atoms. The number of anilines is 1. The zero-order valence-corrected chi connectivity index (χ0v) is 19.4. The number of hydrogen-bond donors (Lipinski definition) is 0. The van der Waals surface area contributed by atoms with Gasteiger partial charge >= 0.3 is 0 Å². The summed E-state index contributed by atoms with van der Waals surface area (Å²) in [4.78, 5) is 14.9. The van der Waals surface area contributed by atoms with Crippen LogP contribution in [0, 0.1) is 6.92 Å². The molecule has 1 amide bonds. The number of amides is 1. The number of ether oxygens (including phenoxy) is 1. The molecule has 0 saturated heterocycles. The first kappa shape index (κ1) is 21.8. The number of likely N-dealkylation sites (N-methyl/N-ethyl adjacent to an activating group) is 1. The normalized spacial score (nSPS) is 16.2. The van der Waals surface area contributed by atoms with Gasteiger partial charge in [-0.3, -0.25) is 4.79 Å². The molecule has 6 nitrogen and oxygen atoms in total. The van der Waals surface area contributed by atoms with Crippen molar-refractivity contribution in [2.24, 2.45) is 0 Å². The molecule has 0 saturated carbocycles. The molecule has 1 atom stereocenters. The van der Waals surface area contributed by atoms with Crippen molar-refractivity contribution >= 4 is 37.5 Å². The van der Waals surface area contributed by atoms with Gasteiger partial charge in [-0.1, -0.05) is 28.9 Å². The fourth-order valence-electron chi connectivity index (χ4n) is 3.70. The Kier molecular flexibility index (Phi) is 6.36. The molecule has 0 bridgehead atoms. The van der Waals surface area contributed by atoms with Gasteiger partial charge in [0.15, 0.2) is 0 Å². The number of hydrogen-bond acceptors (Lipinski definition) is 4. The van der Waals surface area contributed by atoms with Crippen molar-refractivity contribution in [2.45, 2.75) is 38.1 Å². The molecule has 0 aromatic heterocycles. The summed E-state index contributed by atoms with van der Waals surface area (Å²) in [6, 6.07) is 10.8. The number of rotatable bonds is 6. The summed E-state index contributed by atoms with van der Waals surface area (Å²) in [5.41, 5.74) is 2.72. The molecule has 1 aliphatic rings. The highest BCUT2D eigenvalue weighted by Crippen LogP contribution is 2.35. The fourth-order valence-corrected chi connectivity index (χ4v) is 5.75. The number of carbonyl (C=O) groups is 1. The maximum Gasteiger partial charge on any atom is 0.247 e. The molecule has 2 aromatic carbocycles. The van der Waals surface area contributed by atoms with E-state index in [4.69, 9.17) is 4.74 Å². The van der Waals surface area contributed by atoms with E-state index in [0.29, 0.717) is 0 Å². The molecule has 0 unspecified atom stereocenters. The Labute approximate surface area is 180 Å². The second kappa shape index (κ2) is 8.45. The molecule has 1 heterocycles. The maximum atomic E-state index is 13.3. The summed E-state index contributed by atoms with van der Waals surface area (Å²) in [6.45, 7) is 5.48. The van der Waals surface area contributed by atoms with E-state index in [1.807, 2.05) is 32.0 Å². The molecular weight excluding hydrogens is 456 g/mol. The van der Waals surface area contributed by atoms with Gasteiger partial charge in [-0.15, -0.1) is 0 Å². The van der Waals surface area contributed by atoms with Crippen molar-refractivity contribution in [1.29, 1.82) is 0 Å². The van der Waals surface area contributed by atoms with Crippen LogP contribution in [0.15, 0.2) is 45.8 Å². The van der Waals surface area contributed by atoms with Gasteiger partial charge < -0.3 is 9.64 Å². The topological polar surface area (TPSA) is 66.9 Å². The van der Waals surface area contributed by atoms with E-state index in [0.717, 1.165) is 27.7 Å². The fraction of sp³-hybridized carbons (Fsp3) is 0.381. The van der Waals surface area contributed by atoms with Crippen LogP contribution in [0.2, 0.25) is 0 Å². The molecule has 8 heteroatoms. The first-order valence-electron chi connectivity index (χ1n) is 9.44. The third-order valence-corrected chi connectivity index (χ3v) is 7.56. The maximum absolute atomic E-state index is 13.3. The first-order chi connectivity index (χ1) is 13.7. The summed E-state index contributed by atoms with van der Waals surface area (Å²) >= 11 is 3.46. The van der Waals surface area contributed by atoms with Crippen LogP contribution in [-0.4, -0.2) is 44.9 Å². The third-order valence-electron chi connectivity index (χ3n) is 5.13. The predicted molar refractivity (Wildman–Crippen MR) is 117 cm³/mol. The lowest BCUT2D eigenvalue weighted by atomic mass is 10.1. The highest BCUT2D eigenvalue weighted by molar-refractivity contribution is 9.10. The lowest BCUT2D eigenvalue weighted by Crippen LogP contribution is -2.45. The van der Waals surface area contributed by atoms with Crippen LogP contribution >= 0.6 is 15.9 Å². The van der Waals surface area contributed by atoms with Crippen molar-refractivity contribution in [2.75, 3.05) is 25.1 Å². The summed E-state index contributed by atoms with van der Waals surface area (Å²) in [5, 5.41) is 0. The molecule has 2 aromatic rings. The van der Waals surface area contributed by atoms with Crippen LogP contribution in [0.5, 0.6) is 5.75 Å². The van der Waals surface area contributed by atoms with Gasteiger partial charge in [-0.2, -0.15) is 4.31 Å². The zero-order chi connectivity index (χ0) is 21.3. The third kappa shape index (κ3) is 4.20. The van der Waals surface area contributed by atoms with E-state index in [2.05, 4.69) is 15.9 Å². The number of sulfonamides is 1. The van der Waals surface area contributed by atoms with Crippen LogP contribution < -0.4 is 9.64 Å². The zero-order valence-electron chi connectivity index (χ0n) is 17.0. The van der Waals surface area contributed by atoms with E-state index >= 15 is 0 Å². The minimum atomic E-state index is -3.89. The van der Waals surface area contributed by atoms with Gasteiger partial charge in [0, 0.05) is 22.7 Å². The molecule has 0 spiro atoms. The minimum absolute atomic E-state index is 0.0262. The van der Waals surface area contributed by atoms with Crippen molar-refractivity contribution in [1.82, 2.24) is 4.31 Å². The second-order valence-electron chi connectivity index (χ2n) is 7.18. The number of fused-ring (bicyclic) bond motifs is 1. The van der Waals surface area contributed by atoms with Crippen molar-refractivity contribution in [3.63, 3.8) is 0 Å². The van der Waals surface area contributed by atoms with Gasteiger partial charge in [0.05, 0.1) is 13.7 Å². The Morgan fingerprint density at radius 3 is 2.66 bits per heavy atom. The summed E-state index contributed by atoms with van der Waals surface area (Å²) in [7, 11) is -2.45. The second-order valence-corrected chi connectivity index (χ2v) is 10.00. The SMILES string of the molecule is CCN(CC(=O)N1c2ccc(Br)cc2C[C@H]1C)S(=O)(=O)c1cc(C)ccc1OC. The molecule has 0 radical (unpaired) electrons. The molecule has 3 rings (SSSR count). The van der Waals surface area contributed by atoms with Gasteiger partial charge in [0.25, 0.3) is 0 Å². The van der Waals surface area contributed by atoms with Crippen molar-refractivity contribution in [3.05, 3.63) is 52.0 Å². The lowest BCUT2D eigenvalue weighted by Gasteiger charge is -2.27. The largest absolute Gasteiger partial charge is 0.495 e. The Bertz CT molecular complexity index is 1040. The van der Waals surface area contributed by atoms with E-state index in [1.165, 1.54) is 11.4 Å². The monoisotopic (exact) mass is 480 g/mol. The Hall–Kier alpha value is -1.90. The Balaban J connectivity index is 1.91. The quantitative estimate of drug-likeness (QED) is 0.631. The van der Waals surface area contributed by atoms with Gasteiger partial charge in [0.2, 0.25) is 15.9 Å². The first-order valence-corrected chi connectivity index (χ1v) is 11.7. The summed E-state index contributed by atoms with van der Waals surface area (Å²) in [6.07, 6.45) is 0.741. The molecule has 0 fully saturated rings. The predicted octanol–water partition coefficient (Wildman–Crippen LogP) is 3.75. The van der Waals surface area contributed by atoms with E-state index in [-0.39, 0.29) is 35.7 Å². The minimum Gasteiger partial charge on any atom is -0.495 e. The highest BCUT2D eigenvalue weighted by Gasteiger charge is 2.35. The molecular formula is C21H25BrN2O4S. The molecule has 1 aliphatic heterocycles. The standard InChI is InChI=1S/C21H25BrN2O4S/c1-5-23(29(26,27)20-10-14(2)6-9-19(20)28-4)13-21(25)24-15(3)11-16-12-17(22)7-8-18(16)24/h6-10,12,15H,5,11,13H2,1-4H3/t15-/m1/s1. The van der Waals surface area contributed by atoms with Crippen LogP contribution in [0.3, 0.4) is 0 Å². The Morgan fingerprint density at radius 1 is 1.28 bits per heavy atom. The van der Waals surface area contributed by atoms with Gasteiger partial charge in [-0.25, -0.2) is 8.42 Å². The number of aryl methyl sites for hydroxylation is 1. The average molecular weight is 481 g/mol. The van der Waals surface area contributed by atoms with Gasteiger partial charge in [-0.05, 0) is 61.7 Å². The molecule has 0 N–H and O–H groups in total. The molecule has 156 valence electrons. The molecule has 0 aliphatic carbocycles. The van der Waals surface area contributed by atoms with Crippen molar-refractivity contribution < 1.29 is 17.9 Å². The van der Waals surface area contributed by atoms with Crippen LogP contribution in [-0.2, 0) is 21.2 Å². The van der Waals surface area contributed by atoms with Crippen LogP contribution in [0.4, 0.5) is 5.69 Å². The number of methoxy groups -OCH3 is 1. The van der Waals surface area contributed by atoms with Crippen molar-refractivity contribution in [3.8, 4) is 5.75 Å². The van der Waals surface area contributed by atoms with E-state index < -0.39 is 10.0 Å². The highest BCUT2D eigenvalue weighted by atomic mass is 79.9. The van der Waals surface area contributed by atoms with Crippen LogP contribution in [0.25, 0.3) is 0 Å². The lowest BCUT2D eigenvalue weighted by molar-refractivity contribution is -0.119. The smallest absolute Gasteiger partial charge is 0.247 e. The van der Waals surface area contributed by atoms with Gasteiger partial charge in [0.1, 0.15) is 10.6 Å².